The molecular weight excluding hydrogens is 529 g/mol. The van der Waals surface area contributed by atoms with Gasteiger partial charge in [-0.3, -0.25) is 4.79 Å². The smallest absolute Gasteiger partial charge is 0.323 e. The van der Waals surface area contributed by atoms with E-state index in [1.807, 2.05) is 25.1 Å². The minimum atomic E-state index is -0.618. The quantitative estimate of drug-likeness (QED) is 0.327. The Bertz CT molecular complexity index is 1370. The molecular formula is C30H34FN5O5. The van der Waals surface area contributed by atoms with Crippen LogP contribution in [0.2, 0.25) is 0 Å². The molecule has 4 rings (SSSR count). The molecule has 41 heavy (non-hydrogen) atoms. The molecule has 4 N–H and O–H groups in total. The summed E-state index contributed by atoms with van der Waals surface area (Å²) >= 11 is 0. The molecule has 216 valence electrons. The van der Waals surface area contributed by atoms with Crippen LogP contribution >= 0.6 is 0 Å². The van der Waals surface area contributed by atoms with Crippen LogP contribution in [0.25, 0.3) is 0 Å². The molecule has 0 fully saturated rings. The molecule has 0 unspecified atom stereocenters. The summed E-state index contributed by atoms with van der Waals surface area (Å²) in [7, 11) is 1.65. The first-order chi connectivity index (χ1) is 19.7. The van der Waals surface area contributed by atoms with Gasteiger partial charge in [-0.15, -0.1) is 0 Å². The number of aliphatic hydroxyl groups is 1. The number of carbonyl (C=O) groups excluding carboxylic acids is 3. The molecule has 0 spiro atoms. The van der Waals surface area contributed by atoms with E-state index in [-0.39, 0.29) is 54.6 Å². The molecule has 5 amide bonds. The second kappa shape index (κ2) is 13.1. The lowest BCUT2D eigenvalue weighted by Crippen LogP contribution is -2.50. The summed E-state index contributed by atoms with van der Waals surface area (Å²) < 4.78 is 19.7. The largest absolute Gasteiger partial charge is 0.485 e. The summed E-state index contributed by atoms with van der Waals surface area (Å²) in [6.45, 7) is 3.86. The molecule has 10 nitrogen and oxygen atoms in total. The lowest BCUT2D eigenvalue weighted by atomic mass is 9.99. The number of ether oxygens (including phenoxy) is 1. The topological polar surface area (TPSA) is 123 Å². The lowest BCUT2D eigenvalue weighted by molar-refractivity contribution is 0.0373. The number of halogens is 1. The van der Waals surface area contributed by atoms with Gasteiger partial charge < -0.3 is 35.6 Å². The first kappa shape index (κ1) is 29.3. The number of urea groups is 2. The van der Waals surface area contributed by atoms with Crippen LogP contribution in [0.3, 0.4) is 0 Å². The van der Waals surface area contributed by atoms with Crippen molar-refractivity contribution in [2.45, 2.75) is 26.0 Å². The lowest BCUT2D eigenvalue weighted by Gasteiger charge is -2.38. The van der Waals surface area contributed by atoms with Gasteiger partial charge in [0.1, 0.15) is 11.9 Å². The van der Waals surface area contributed by atoms with Crippen molar-refractivity contribution in [2.24, 2.45) is 5.92 Å². The van der Waals surface area contributed by atoms with Crippen molar-refractivity contribution >= 4 is 35.0 Å². The molecule has 3 atom stereocenters. The number of anilines is 3. The Kier molecular flexibility index (Phi) is 9.41. The van der Waals surface area contributed by atoms with Crippen molar-refractivity contribution < 1.29 is 28.6 Å². The fraction of sp³-hybridized carbons (Fsp3) is 0.300. The van der Waals surface area contributed by atoms with E-state index in [1.54, 1.807) is 49.2 Å². The number of nitrogens with one attached hydrogen (secondary N) is 3. The van der Waals surface area contributed by atoms with Gasteiger partial charge in [0.25, 0.3) is 5.91 Å². The zero-order valence-electron chi connectivity index (χ0n) is 23.1. The number of para-hydroxylation sites is 2. The van der Waals surface area contributed by atoms with Crippen molar-refractivity contribution in [1.82, 2.24) is 9.80 Å². The number of rotatable bonds is 7. The number of amides is 5. The van der Waals surface area contributed by atoms with E-state index < -0.39 is 24.0 Å². The first-order valence-corrected chi connectivity index (χ1v) is 13.3. The van der Waals surface area contributed by atoms with E-state index in [0.717, 1.165) is 0 Å². The van der Waals surface area contributed by atoms with Crippen LogP contribution < -0.4 is 20.7 Å². The second-order valence-corrected chi connectivity index (χ2v) is 10.1. The summed E-state index contributed by atoms with van der Waals surface area (Å²) in [5.74, 6) is -0.898. The van der Waals surface area contributed by atoms with Crippen LogP contribution in [-0.2, 0) is 0 Å². The third kappa shape index (κ3) is 7.31. The van der Waals surface area contributed by atoms with Crippen molar-refractivity contribution in [2.75, 3.05) is 42.7 Å². The first-order valence-electron chi connectivity index (χ1n) is 13.3. The minimum absolute atomic E-state index is 0.148. The molecule has 1 aliphatic rings. The second-order valence-electron chi connectivity index (χ2n) is 10.1. The molecule has 3 aromatic rings. The van der Waals surface area contributed by atoms with E-state index in [4.69, 9.17) is 4.74 Å². The molecule has 1 aliphatic heterocycles. The van der Waals surface area contributed by atoms with E-state index in [9.17, 15) is 23.9 Å². The molecule has 3 aromatic carbocycles. The standard InChI is InChI=1S/C30H34FN5O5/c1-19-16-36(20(2)18-37)28(38)24-10-7-11-25(34-29(39)32-23-14-12-21(31)13-15-23)27(24)41-26(19)17-35(3)30(40)33-22-8-5-4-6-9-22/h4-15,19-20,26,37H,16-18H2,1-3H3,(H,33,40)(H2,32,34,39)/t19-,20-,26+/m0/s1. The number of nitrogens with zero attached hydrogens (tertiary/aromatic N) is 2. The van der Waals surface area contributed by atoms with Gasteiger partial charge in [-0.05, 0) is 55.5 Å². The number of hydrogen-bond donors (Lipinski definition) is 4. The Morgan fingerprint density at radius 2 is 1.71 bits per heavy atom. The van der Waals surface area contributed by atoms with E-state index in [0.29, 0.717) is 11.4 Å². The van der Waals surface area contributed by atoms with E-state index >= 15 is 0 Å². The third-order valence-electron chi connectivity index (χ3n) is 6.87. The normalized spacial score (nSPS) is 17.3. The molecule has 11 heteroatoms. The highest BCUT2D eigenvalue weighted by Gasteiger charge is 2.35. The fourth-order valence-electron chi connectivity index (χ4n) is 4.47. The number of fused-ring (bicyclic) bond motifs is 1. The highest BCUT2D eigenvalue weighted by atomic mass is 19.1. The predicted octanol–water partition coefficient (Wildman–Crippen LogP) is 4.85. The maximum atomic E-state index is 13.6. The summed E-state index contributed by atoms with van der Waals surface area (Å²) in [6, 6.07) is 17.7. The van der Waals surface area contributed by atoms with Crippen LogP contribution in [0, 0.1) is 11.7 Å². The number of carbonyl (C=O) groups is 3. The molecule has 0 aliphatic carbocycles. The van der Waals surface area contributed by atoms with Gasteiger partial charge in [-0.2, -0.15) is 0 Å². The molecule has 0 bridgehead atoms. The zero-order chi connectivity index (χ0) is 29.5. The fourth-order valence-corrected chi connectivity index (χ4v) is 4.47. The molecule has 0 saturated carbocycles. The SMILES string of the molecule is C[C@H]1CN([C@@H](C)CO)C(=O)c2cccc(NC(=O)Nc3ccc(F)cc3)c2O[C@@H]1CN(C)C(=O)Nc1ccccc1. The van der Waals surface area contributed by atoms with Gasteiger partial charge in [0.15, 0.2) is 5.75 Å². The van der Waals surface area contributed by atoms with Crippen LogP contribution in [-0.4, -0.2) is 71.8 Å². The van der Waals surface area contributed by atoms with E-state index in [1.165, 1.54) is 29.2 Å². The van der Waals surface area contributed by atoms with Gasteiger partial charge in [-0.25, -0.2) is 14.0 Å². The average Bonchev–Trinajstić information content (AvgIpc) is 2.96. The number of likely N-dealkylation sites (N-methyl/N-ethyl adjacent to an activating group) is 1. The van der Waals surface area contributed by atoms with Crippen LogP contribution in [0.5, 0.6) is 5.75 Å². The highest BCUT2D eigenvalue weighted by Crippen LogP contribution is 2.35. The molecule has 1 heterocycles. The number of hydrogen-bond acceptors (Lipinski definition) is 5. The Labute approximate surface area is 238 Å². The van der Waals surface area contributed by atoms with Gasteiger partial charge in [0.2, 0.25) is 0 Å². The minimum Gasteiger partial charge on any atom is -0.485 e. The molecule has 0 saturated heterocycles. The summed E-state index contributed by atoms with van der Waals surface area (Å²) in [5.41, 5.74) is 1.47. The van der Waals surface area contributed by atoms with Gasteiger partial charge >= 0.3 is 12.1 Å². The average molecular weight is 564 g/mol. The highest BCUT2D eigenvalue weighted by molar-refractivity contribution is 6.04. The van der Waals surface area contributed by atoms with Crippen LogP contribution in [0.1, 0.15) is 24.2 Å². The monoisotopic (exact) mass is 563 g/mol. The Morgan fingerprint density at radius 1 is 1.02 bits per heavy atom. The van der Waals surface area contributed by atoms with Crippen LogP contribution in [0.4, 0.5) is 31.0 Å². The maximum absolute atomic E-state index is 13.6. The van der Waals surface area contributed by atoms with Crippen molar-refractivity contribution in [3.05, 3.63) is 84.2 Å². The number of benzene rings is 3. The third-order valence-corrected chi connectivity index (χ3v) is 6.87. The summed E-state index contributed by atoms with van der Waals surface area (Å²) in [4.78, 5) is 42.5. The van der Waals surface area contributed by atoms with E-state index in [2.05, 4.69) is 16.0 Å². The summed E-state index contributed by atoms with van der Waals surface area (Å²) in [6.07, 6.45) is -0.579. The Balaban J connectivity index is 1.61. The van der Waals surface area contributed by atoms with Gasteiger partial charge in [0, 0.05) is 30.9 Å². The van der Waals surface area contributed by atoms with Crippen LogP contribution in [0.15, 0.2) is 72.8 Å². The van der Waals surface area contributed by atoms with Crippen molar-refractivity contribution in [3.63, 3.8) is 0 Å². The number of aliphatic hydroxyl groups excluding tert-OH is 1. The van der Waals surface area contributed by atoms with Gasteiger partial charge in [-0.1, -0.05) is 31.2 Å². The summed E-state index contributed by atoms with van der Waals surface area (Å²) in [5, 5.41) is 18.1. The Morgan fingerprint density at radius 3 is 2.39 bits per heavy atom. The molecule has 0 radical (unpaired) electrons. The van der Waals surface area contributed by atoms with Gasteiger partial charge in [0.05, 0.1) is 30.4 Å². The predicted molar refractivity (Wildman–Crippen MR) is 155 cm³/mol. The van der Waals surface area contributed by atoms with Crippen molar-refractivity contribution in [1.29, 1.82) is 0 Å². The maximum Gasteiger partial charge on any atom is 0.323 e. The zero-order valence-corrected chi connectivity index (χ0v) is 23.1. The Hall–Kier alpha value is -4.64. The van der Waals surface area contributed by atoms with Crippen molar-refractivity contribution in [3.8, 4) is 5.75 Å². The molecule has 0 aromatic heterocycles.